The summed E-state index contributed by atoms with van der Waals surface area (Å²) in [6.45, 7) is 2.02. The second-order valence-electron chi connectivity index (χ2n) is 2.96. The molecule has 0 unspecified atom stereocenters. The van der Waals surface area contributed by atoms with Crippen molar-refractivity contribution in [1.29, 1.82) is 0 Å². The molecule has 0 atom stereocenters. The lowest BCUT2D eigenvalue weighted by Crippen LogP contribution is -2.02. The lowest BCUT2D eigenvalue weighted by Gasteiger charge is -1.98. The van der Waals surface area contributed by atoms with Crippen LogP contribution in [-0.2, 0) is 4.74 Å². The minimum Gasteiger partial charge on any atom is -0.462 e. The van der Waals surface area contributed by atoms with E-state index in [1.54, 1.807) is 6.92 Å². The zero-order chi connectivity index (χ0) is 11.7. The second kappa shape index (κ2) is 4.47. The van der Waals surface area contributed by atoms with E-state index in [9.17, 15) is 9.18 Å². The van der Waals surface area contributed by atoms with E-state index in [1.807, 2.05) is 0 Å². The van der Waals surface area contributed by atoms with Crippen LogP contribution in [0.5, 0.6) is 0 Å². The van der Waals surface area contributed by atoms with Crippen LogP contribution in [0, 0.1) is 5.82 Å². The van der Waals surface area contributed by atoms with Crippen molar-refractivity contribution in [1.82, 2.24) is 4.98 Å². The Morgan fingerprint density at radius 1 is 1.62 bits per heavy atom. The molecule has 0 aliphatic carbocycles. The molecule has 2 aromatic heterocycles. The predicted molar refractivity (Wildman–Crippen MR) is 63.2 cm³/mol. The van der Waals surface area contributed by atoms with E-state index in [1.165, 1.54) is 6.20 Å². The summed E-state index contributed by atoms with van der Waals surface area (Å²) in [6, 6.07) is 0. The molecule has 3 nitrogen and oxygen atoms in total. The van der Waals surface area contributed by atoms with Gasteiger partial charge in [-0.15, -0.1) is 11.3 Å². The Kier molecular flexibility index (Phi) is 3.20. The fourth-order valence-electron chi connectivity index (χ4n) is 1.30. The van der Waals surface area contributed by atoms with Gasteiger partial charge in [0, 0.05) is 11.6 Å². The molecule has 0 N–H and O–H groups in total. The number of halogens is 2. The molecule has 0 bridgehead atoms. The van der Waals surface area contributed by atoms with Gasteiger partial charge in [0.25, 0.3) is 0 Å². The number of hydrogen-bond acceptors (Lipinski definition) is 4. The van der Waals surface area contributed by atoms with Crippen LogP contribution < -0.4 is 0 Å². The summed E-state index contributed by atoms with van der Waals surface area (Å²) in [6.07, 6.45) is 2.64. The maximum atomic E-state index is 13.5. The molecule has 0 saturated carbocycles. The first-order valence-corrected chi connectivity index (χ1v) is 6.14. The van der Waals surface area contributed by atoms with Gasteiger partial charge < -0.3 is 4.74 Å². The molecule has 0 amide bonds. The number of nitrogens with zero attached hydrogens (tertiary/aromatic N) is 1. The van der Waals surface area contributed by atoms with Gasteiger partial charge in [0.2, 0.25) is 0 Å². The molecular weight excluding hydrogens is 297 g/mol. The molecular formula is C10H7BrFNO2S. The molecule has 84 valence electrons. The minimum atomic E-state index is -0.449. The molecule has 2 rings (SSSR count). The van der Waals surface area contributed by atoms with Gasteiger partial charge >= 0.3 is 5.97 Å². The average Bonchev–Trinajstić information content (AvgIpc) is 2.58. The number of hydrogen-bond donors (Lipinski definition) is 0. The van der Waals surface area contributed by atoms with Gasteiger partial charge in [0.15, 0.2) is 5.82 Å². The molecule has 0 spiro atoms. The van der Waals surface area contributed by atoms with Crippen molar-refractivity contribution in [2.75, 3.05) is 6.61 Å². The van der Waals surface area contributed by atoms with Crippen LogP contribution in [0.3, 0.4) is 0 Å². The third kappa shape index (κ3) is 1.82. The summed E-state index contributed by atoms with van der Waals surface area (Å²) in [5.41, 5.74) is 0. The third-order valence-electron chi connectivity index (χ3n) is 1.96. The fraction of sp³-hybridized carbons (Fsp3) is 0.200. The van der Waals surface area contributed by atoms with Gasteiger partial charge in [-0.3, -0.25) is 4.98 Å². The topological polar surface area (TPSA) is 39.2 Å². The molecule has 2 aromatic rings. The van der Waals surface area contributed by atoms with Gasteiger partial charge in [-0.2, -0.15) is 0 Å². The normalized spacial score (nSPS) is 10.7. The average molecular weight is 304 g/mol. The Hall–Kier alpha value is -1.01. The number of carbonyl (C=O) groups excluding carboxylic acids is 1. The third-order valence-corrected chi connectivity index (χ3v) is 4.12. The van der Waals surface area contributed by atoms with Gasteiger partial charge in [0.1, 0.15) is 4.88 Å². The molecule has 0 fully saturated rings. The van der Waals surface area contributed by atoms with Crippen LogP contribution in [0.2, 0.25) is 0 Å². The van der Waals surface area contributed by atoms with Crippen LogP contribution in [0.25, 0.3) is 10.1 Å². The molecule has 0 aliphatic rings. The highest BCUT2D eigenvalue weighted by atomic mass is 79.9. The number of fused-ring (bicyclic) bond motifs is 1. The molecule has 16 heavy (non-hydrogen) atoms. The van der Waals surface area contributed by atoms with Crippen LogP contribution in [0.1, 0.15) is 16.6 Å². The van der Waals surface area contributed by atoms with Crippen molar-refractivity contribution in [3.63, 3.8) is 0 Å². The Morgan fingerprint density at radius 3 is 3.00 bits per heavy atom. The summed E-state index contributed by atoms with van der Waals surface area (Å²) < 4.78 is 19.4. The summed E-state index contributed by atoms with van der Waals surface area (Å²) in [4.78, 5) is 15.7. The number of ether oxygens (including phenoxy) is 1. The smallest absolute Gasteiger partial charge is 0.349 e. The first kappa shape index (κ1) is 11.5. The standard InChI is InChI=1S/C10H7BrFNO2S/c1-2-15-10(14)9-8(11)7-5(12)3-13-4-6(7)16-9/h3-4H,2H2,1H3. The van der Waals surface area contributed by atoms with Gasteiger partial charge in [-0.05, 0) is 22.9 Å². The number of rotatable bonds is 2. The summed E-state index contributed by atoms with van der Waals surface area (Å²) in [5.74, 6) is -0.897. The van der Waals surface area contributed by atoms with Crippen molar-refractivity contribution in [2.45, 2.75) is 6.92 Å². The SMILES string of the molecule is CCOC(=O)c1sc2cncc(F)c2c1Br. The number of pyridine rings is 1. The predicted octanol–water partition coefficient (Wildman–Crippen LogP) is 3.37. The van der Waals surface area contributed by atoms with E-state index in [-0.39, 0.29) is 0 Å². The summed E-state index contributed by atoms with van der Waals surface area (Å²) >= 11 is 4.38. The highest BCUT2D eigenvalue weighted by molar-refractivity contribution is 9.10. The maximum Gasteiger partial charge on any atom is 0.349 e. The Morgan fingerprint density at radius 2 is 2.38 bits per heavy atom. The van der Waals surface area contributed by atoms with E-state index in [0.717, 1.165) is 17.5 Å². The summed E-state index contributed by atoms with van der Waals surface area (Å²) in [5, 5.41) is 0.378. The van der Waals surface area contributed by atoms with Crippen LogP contribution in [0.4, 0.5) is 4.39 Å². The van der Waals surface area contributed by atoms with Gasteiger partial charge in [-0.1, -0.05) is 0 Å². The van der Waals surface area contributed by atoms with E-state index >= 15 is 0 Å². The van der Waals surface area contributed by atoms with Crippen molar-refractivity contribution < 1.29 is 13.9 Å². The number of thiophene rings is 1. The lowest BCUT2D eigenvalue weighted by atomic mass is 10.3. The highest BCUT2D eigenvalue weighted by Gasteiger charge is 2.19. The molecule has 6 heteroatoms. The molecule has 0 saturated heterocycles. The number of aromatic nitrogens is 1. The first-order chi connectivity index (χ1) is 7.65. The largest absolute Gasteiger partial charge is 0.462 e. The minimum absolute atomic E-state index is 0.292. The maximum absolute atomic E-state index is 13.5. The molecule has 0 aliphatic heterocycles. The molecule has 2 heterocycles. The molecule has 0 aromatic carbocycles. The van der Waals surface area contributed by atoms with Gasteiger partial charge in [-0.25, -0.2) is 9.18 Å². The monoisotopic (exact) mass is 303 g/mol. The van der Waals surface area contributed by atoms with E-state index in [4.69, 9.17) is 4.74 Å². The van der Waals surface area contributed by atoms with E-state index in [2.05, 4.69) is 20.9 Å². The highest BCUT2D eigenvalue weighted by Crippen LogP contribution is 2.36. The zero-order valence-corrected chi connectivity index (χ0v) is 10.7. The van der Waals surface area contributed by atoms with Crippen LogP contribution in [0.15, 0.2) is 16.9 Å². The molecule has 0 radical (unpaired) electrons. The first-order valence-electron chi connectivity index (χ1n) is 4.53. The lowest BCUT2D eigenvalue weighted by molar-refractivity contribution is 0.0531. The van der Waals surface area contributed by atoms with Crippen LogP contribution >= 0.6 is 27.3 Å². The fourth-order valence-corrected chi connectivity index (χ4v) is 3.21. The van der Waals surface area contributed by atoms with E-state index < -0.39 is 11.8 Å². The zero-order valence-electron chi connectivity index (χ0n) is 8.29. The van der Waals surface area contributed by atoms with Gasteiger partial charge in [0.05, 0.1) is 22.0 Å². The summed E-state index contributed by atoms with van der Waals surface area (Å²) in [7, 11) is 0. The number of esters is 1. The van der Waals surface area contributed by atoms with Crippen molar-refractivity contribution in [3.8, 4) is 0 Å². The number of carbonyl (C=O) groups is 1. The van der Waals surface area contributed by atoms with E-state index in [0.29, 0.717) is 26.0 Å². The van der Waals surface area contributed by atoms with Crippen molar-refractivity contribution >= 4 is 43.3 Å². The quantitative estimate of drug-likeness (QED) is 0.799. The van der Waals surface area contributed by atoms with Crippen molar-refractivity contribution in [3.05, 3.63) is 27.6 Å². The Bertz CT molecular complexity index is 555. The Balaban J connectivity index is 2.61. The van der Waals surface area contributed by atoms with Crippen molar-refractivity contribution in [2.24, 2.45) is 0 Å². The van der Waals surface area contributed by atoms with Crippen LogP contribution in [-0.4, -0.2) is 17.6 Å². The second-order valence-corrected chi connectivity index (χ2v) is 4.81. The Labute approximate surface area is 103 Å².